The van der Waals surface area contributed by atoms with E-state index in [4.69, 9.17) is 33.7 Å². The van der Waals surface area contributed by atoms with Gasteiger partial charge in [-0.1, -0.05) is 41.4 Å². The van der Waals surface area contributed by atoms with Crippen molar-refractivity contribution in [3.05, 3.63) is 63.6 Å². The fourth-order valence-electron chi connectivity index (χ4n) is 3.13. The molecule has 1 aliphatic heterocycles. The highest BCUT2D eigenvalue weighted by Gasteiger charge is 2.23. The van der Waals surface area contributed by atoms with Crippen molar-refractivity contribution in [1.29, 1.82) is 0 Å². The van der Waals surface area contributed by atoms with Gasteiger partial charge in [0.2, 0.25) is 0 Å². The molecule has 3 rings (SSSR count). The predicted octanol–water partition coefficient (Wildman–Crippen LogP) is 4.89. The number of amides is 1. The smallest absolute Gasteiger partial charge is 0.253 e. The van der Waals surface area contributed by atoms with Crippen LogP contribution in [0, 0.1) is 0 Å². The number of hydrogen-bond acceptors (Lipinski definition) is 3. The van der Waals surface area contributed by atoms with E-state index in [1.165, 1.54) is 0 Å². The summed E-state index contributed by atoms with van der Waals surface area (Å²) in [5.41, 5.74) is 8.55. The first-order valence-electron chi connectivity index (χ1n) is 9.45. The lowest BCUT2D eigenvalue weighted by Crippen LogP contribution is -2.34. The zero-order valence-electron chi connectivity index (χ0n) is 16.5. The van der Waals surface area contributed by atoms with Gasteiger partial charge < -0.3 is 21.1 Å². The molecule has 1 fully saturated rings. The molecule has 1 heterocycles. The minimum atomic E-state index is -0.363. The highest BCUT2D eigenvalue weighted by Crippen LogP contribution is 2.26. The maximum Gasteiger partial charge on any atom is 0.253 e. The van der Waals surface area contributed by atoms with E-state index in [0.717, 1.165) is 24.0 Å². The minimum Gasteiger partial charge on any atom is -0.370 e. The Morgan fingerprint density at radius 1 is 1.30 bits per heavy atom. The number of aliphatic imine (C=N–C) groups is 1. The Kier molecular flexibility index (Phi) is 9.67. The largest absolute Gasteiger partial charge is 0.370 e. The van der Waals surface area contributed by atoms with E-state index in [1.54, 1.807) is 12.1 Å². The van der Waals surface area contributed by atoms with Crippen LogP contribution in [0.2, 0.25) is 10.0 Å². The fraction of sp³-hybridized carbons (Fsp3) is 0.333. The number of halogens is 3. The number of benzene rings is 2. The van der Waals surface area contributed by atoms with Crippen molar-refractivity contribution in [3.63, 3.8) is 0 Å². The molecule has 0 aromatic heterocycles. The van der Waals surface area contributed by atoms with E-state index in [2.05, 4.69) is 15.6 Å². The summed E-state index contributed by atoms with van der Waals surface area (Å²) in [4.78, 5) is 16.6. The summed E-state index contributed by atoms with van der Waals surface area (Å²) in [6.45, 7) is 2.96. The number of hydrogen-bond donors (Lipinski definition) is 3. The summed E-state index contributed by atoms with van der Waals surface area (Å²) >= 11 is 12.2. The summed E-state index contributed by atoms with van der Waals surface area (Å²) in [6.07, 6.45) is 1.31. The Labute approximate surface area is 203 Å². The van der Waals surface area contributed by atoms with E-state index in [1.807, 2.05) is 37.3 Å². The topological polar surface area (TPSA) is 88.7 Å². The Morgan fingerprint density at radius 3 is 2.80 bits per heavy atom. The molecule has 0 aliphatic carbocycles. The average molecular weight is 563 g/mol. The molecule has 2 aromatic rings. The van der Waals surface area contributed by atoms with Gasteiger partial charge in [0.05, 0.1) is 12.6 Å². The van der Waals surface area contributed by atoms with Crippen molar-refractivity contribution >= 4 is 64.7 Å². The van der Waals surface area contributed by atoms with Crippen molar-refractivity contribution in [2.45, 2.75) is 38.5 Å². The highest BCUT2D eigenvalue weighted by molar-refractivity contribution is 14.0. The van der Waals surface area contributed by atoms with Crippen molar-refractivity contribution in [2.75, 3.05) is 11.9 Å². The van der Waals surface area contributed by atoms with Gasteiger partial charge in [-0.15, -0.1) is 24.0 Å². The van der Waals surface area contributed by atoms with Gasteiger partial charge in [-0.2, -0.15) is 0 Å². The summed E-state index contributed by atoms with van der Waals surface area (Å²) in [7, 11) is 0. The van der Waals surface area contributed by atoms with Gasteiger partial charge in [-0.3, -0.25) is 4.79 Å². The molecule has 1 saturated heterocycles. The molecule has 1 amide bonds. The number of nitrogens with two attached hydrogens (primary N) is 1. The summed E-state index contributed by atoms with van der Waals surface area (Å²) in [5, 5.41) is 7.17. The zero-order valence-corrected chi connectivity index (χ0v) is 20.4. The number of carbonyl (C=O) groups is 1. The van der Waals surface area contributed by atoms with E-state index < -0.39 is 0 Å². The molecular weight excluding hydrogens is 538 g/mol. The SMILES string of the molecule is CC(NC(N)=NCc1cccc(NC(=O)C2CCCO2)c1)c1ccc(Cl)cc1Cl.I. The molecule has 2 atom stereocenters. The van der Waals surface area contributed by atoms with Crippen LogP contribution in [-0.2, 0) is 16.1 Å². The standard InChI is InChI=1S/C21H24Cl2N4O2.HI/c1-13(17-8-7-15(22)11-18(17)23)26-21(24)25-12-14-4-2-5-16(10-14)27-20(28)19-6-3-9-29-19;/h2,4-5,7-8,10-11,13,19H,3,6,9,12H2,1H3,(H,27,28)(H3,24,25,26);1H. The van der Waals surface area contributed by atoms with Gasteiger partial charge in [0.15, 0.2) is 5.96 Å². The summed E-state index contributed by atoms with van der Waals surface area (Å²) < 4.78 is 5.41. The number of nitrogens with zero attached hydrogens (tertiary/aromatic N) is 1. The van der Waals surface area contributed by atoms with Crippen LogP contribution in [0.15, 0.2) is 47.5 Å². The van der Waals surface area contributed by atoms with Gasteiger partial charge >= 0.3 is 0 Å². The highest BCUT2D eigenvalue weighted by atomic mass is 127. The predicted molar refractivity (Wildman–Crippen MR) is 133 cm³/mol. The van der Waals surface area contributed by atoms with E-state index in [0.29, 0.717) is 34.8 Å². The lowest BCUT2D eigenvalue weighted by atomic mass is 10.1. The summed E-state index contributed by atoms with van der Waals surface area (Å²) in [5.74, 6) is 0.190. The lowest BCUT2D eigenvalue weighted by Gasteiger charge is -2.16. The molecule has 30 heavy (non-hydrogen) atoms. The van der Waals surface area contributed by atoms with Crippen molar-refractivity contribution in [3.8, 4) is 0 Å². The third-order valence-corrected chi connectivity index (χ3v) is 5.20. The number of carbonyl (C=O) groups excluding carboxylic acids is 1. The molecule has 2 aromatic carbocycles. The first kappa shape index (κ1) is 24.7. The van der Waals surface area contributed by atoms with Crippen LogP contribution in [0.4, 0.5) is 5.69 Å². The molecule has 4 N–H and O–H groups in total. The molecule has 0 bridgehead atoms. The Balaban J connectivity index is 0.00000320. The van der Waals surface area contributed by atoms with E-state index in [9.17, 15) is 4.79 Å². The molecule has 9 heteroatoms. The number of anilines is 1. The molecular formula is C21H25Cl2IN4O2. The monoisotopic (exact) mass is 562 g/mol. The van der Waals surface area contributed by atoms with Gasteiger partial charge in [0.1, 0.15) is 6.10 Å². The van der Waals surface area contributed by atoms with Crippen molar-refractivity contribution < 1.29 is 9.53 Å². The van der Waals surface area contributed by atoms with Crippen LogP contribution >= 0.6 is 47.2 Å². The number of nitrogens with one attached hydrogen (secondary N) is 2. The zero-order chi connectivity index (χ0) is 20.8. The third-order valence-electron chi connectivity index (χ3n) is 4.64. The van der Waals surface area contributed by atoms with Crippen molar-refractivity contribution in [2.24, 2.45) is 10.7 Å². The van der Waals surface area contributed by atoms with Crippen LogP contribution < -0.4 is 16.4 Å². The molecule has 6 nitrogen and oxygen atoms in total. The van der Waals surface area contributed by atoms with Crippen LogP contribution in [0.1, 0.15) is 36.9 Å². The average Bonchev–Trinajstić information content (AvgIpc) is 3.21. The van der Waals surface area contributed by atoms with E-state index >= 15 is 0 Å². The Bertz CT molecular complexity index is 904. The molecule has 0 spiro atoms. The quantitative estimate of drug-likeness (QED) is 0.265. The third kappa shape index (κ3) is 7.01. The second-order valence-corrected chi connectivity index (χ2v) is 7.77. The molecule has 2 unspecified atom stereocenters. The minimum absolute atomic E-state index is 0. The fourth-order valence-corrected chi connectivity index (χ4v) is 3.70. The first-order valence-corrected chi connectivity index (χ1v) is 10.2. The molecule has 1 aliphatic rings. The van der Waals surface area contributed by atoms with Crippen LogP contribution in [0.3, 0.4) is 0 Å². The number of rotatable bonds is 6. The summed E-state index contributed by atoms with van der Waals surface area (Å²) in [6, 6.07) is 12.7. The van der Waals surface area contributed by atoms with Gasteiger partial charge in [-0.05, 0) is 55.2 Å². The van der Waals surface area contributed by atoms with Crippen LogP contribution in [-0.4, -0.2) is 24.6 Å². The Morgan fingerprint density at radius 2 is 2.10 bits per heavy atom. The van der Waals surface area contributed by atoms with Crippen LogP contribution in [0.5, 0.6) is 0 Å². The van der Waals surface area contributed by atoms with Gasteiger partial charge in [0.25, 0.3) is 5.91 Å². The second kappa shape index (κ2) is 11.7. The molecule has 162 valence electrons. The Hall–Kier alpha value is -1.55. The molecule has 0 radical (unpaired) electrons. The second-order valence-electron chi connectivity index (χ2n) is 6.92. The number of guanidine groups is 1. The lowest BCUT2D eigenvalue weighted by molar-refractivity contribution is -0.124. The molecule has 0 saturated carbocycles. The van der Waals surface area contributed by atoms with Gasteiger partial charge in [-0.25, -0.2) is 4.99 Å². The maximum atomic E-state index is 12.2. The maximum absolute atomic E-state index is 12.2. The first-order chi connectivity index (χ1) is 13.9. The van der Waals surface area contributed by atoms with Crippen LogP contribution in [0.25, 0.3) is 0 Å². The van der Waals surface area contributed by atoms with Gasteiger partial charge in [0, 0.05) is 22.3 Å². The van der Waals surface area contributed by atoms with E-state index in [-0.39, 0.29) is 42.0 Å². The number of ether oxygens (including phenoxy) is 1. The van der Waals surface area contributed by atoms with Crippen molar-refractivity contribution in [1.82, 2.24) is 5.32 Å². The normalized spacial score (nSPS) is 17.2.